The van der Waals surface area contributed by atoms with E-state index in [9.17, 15) is 18.0 Å². The fraction of sp³-hybridized carbons (Fsp3) is 0.308. The van der Waals surface area contributed by atoms with E-state index < -0.39 is 5.51 Å². The number of halogens is 3. The number of carbonyl (C=O) groups is 1. The van der Waals surface area contributed by atoms with Gasteiger partial charge in [-0.2, -0.15) is 13.2 Å². The van der Waals surface area contributed by atoms with Gasteiger partial charge in [-0.15, -0.1) is 6.42 Å². The number of nitrogens with zero attached hydrogens (tertiary/aromatic N) is 1. The van der Waals surface area contributed by atoms with Crippen molar-refractivity contribution >= 4 is 17.7 Å². The molecule has 1 heterocycles. The molecule has 19 heavy (non-hydrogen) atoms. The highest BCUT2D eigenvalue weighted by Crippen LogP contribution is 2.37. The van der Waals surface area contributed by atoms with Crippen molar-refractivity contribution in [2.45, 2.75) is 10.4 Å². The molecule has 100 valence electrons. The summed E-state index contributed by atoms with van der Waals surface area (Å²) >= 11 is -0.228. The highest BCUT2D eigenvalue weighted by molar-refractivity contribution is 8.00. The normalized spacial score (nSPS) is 15.8. The fourth-order valence-electron chi connectivity index (χ4n) is 1.76. The number of amides is 1. The lowest BCUT2D eigenvalue weighted by Gasteiger charge is -2.36. The topological polar surface area (TPSA) is 20.3 Å². The number of rotatable bonds is 2. The Morgan fingerprint density at radius 2 is 2.11 bits per heavy atom. The Morgan fingerprint density at radius 3 is 2.68 bits per heavy atom. The van der Waals surface area contributed by atoms with Crippen LogP contribution in [0.25, 0.3) is 0 Å². The maximum absolute atomic E-state index is 12.3. The zero-order chi connectivity index (χ0) is 14.0. The minimum Gasteiger partial charge on any atom is -0.336 e. The second-order valence-corrected chi connectivity index (χ2v) is 5.29. The summed E-state index contributed by atoms with van der Waals surface area (Å²) in [5.41, 5.74) is -4.10. The molecule has 0 spiro atoms. The Labute approximate surface area is 113 Å². The van der Waals surface area contributed by atoms with Gasteiger partial charge in [0.05, 0.1) is 5.92 Å². The van der Waals surface area contributed by atoms with Gasteiger partial charge >= 0.3 is 5.51 Å². The number of carbonyl (C=O) groups excluding carboxylic acids is 1. The number of hydrogen-bond acceptors (Lipinski definition) is 2. The second-order valence-electron chi connectivity index (χ2n) is 4.15. The van der Waals surface area contributed by atoms with Gasteiger partial charge in [-0.1, -0.05) is 12.0 Å². The van der Waals surface area contributed by atoms with Crippen molar-refractivity contribution in [3.63, 3.8) is 0 Å². The SMILES string of the molecule is C#CC1CN(C(=O)c2cccc(SC(F)(F)F)c2)C1. The van der Waals surface area contributed by atoms with E-state index in [0.29, 0.717) is 13.1 Å². The predicted molar refractivity (Wildman–Crippen MR) is 66.6 cm³/mol. The number of terminal acetylenes is 1. The molecule has 2 rings (SSSR count). The van der Waals surface area contributed by atoms with E-state index in [1.807, 2.05) is 0 Å². The molecule has 1 aromatic rings. The third kappa shape index (κ3) is 3.44. The first-order valence-electron chi connectivity index (χ1n) is 5.50. The molecule has 0 aromatic heterocycles. The molecule has 2 nitrogen and oxygen atoms in total. The van der Waals surface area contributed by atoms with Crippen LogP contribution in [0.4, 0.5) is 13.2 Å². The fourth-order valence-corrected chi connectivity index (χ4v) is 2.36. The molecule has 1 aliphatic rings. The summed E-state index contributed by atoms with van der Waals surface area (Å²) in [6.45, 7) is 0.929. The highest BCUT2D eigenvalue weighted by atomic mass is 32.2. The van der Waals surface area contributed by atoms with Gasteiger partial charge < -0.3 is 4.90 Å². The highest BCUT2D eigenvalue weighted by Gasteiger charge is 2.31. The lowest BCUT2D eigenvalue weighted by Crippen LogP contribution is -2.49. The predicted octanol–water partition coefficient (Wildman–Crippen LogP) is 3.00. The molecule has 1 aromatic carbocycles. The van der Waals surface area contributed by atoms with Crippen LogP contribution in [0.3, 0.4) is 0 Å². The number of benzene rings is 1. The second kappa shape index (κ2) is 5.17. The van der Waals surface area contributed by atoms with Gasteiger partial charge in [0, 0.05) is 23.5 Å². The van der Waals surface area contributed by atoms with E-state index in [1.54, 1.807) is 0 Å². The minimum atomic E-state index is -4.35. The molecule has 0 aliphatic carbocycles. The zero-order valence-corrected chi connectivity index (χ0v) is 10.6. The molecule has 1 fully saturated rings. The van der Waals surface area contributed by atoms with Crippen molar-refractivity contribution in [2.24, 2.45) is 5.92 Å². The van der Waals surface area contributed by atoms with Gasteiger partial charge in [-0.05, 0) is 30.0 Å². The summed E-state index contributed by atoms with van der Waals surface area (Å²) in [5, 5.41) is 0. The lowest BCUT2D eigenvalue weighted by atomic mass is 10.00. The van der Waals surface area contributed by atoms with Crippen LogP contribution in [0.15, 0.2) is 29.2 Å². The lowest BCUT2D eigenvalue weighted by molar-refractivity contribution is -0.0328. The van der Waals surface area contributed by atoms with Crippen LogP contribution in [-0.4, -0.2) is 29.4 Å². The Balaban J connectivity index is 2.07. The molecule has 0 atom stereocenters. The van der Waals surface area contributed by atoms with Gasteiger partial charge in [0.1, 0.15) is 0 Å². The maximum Gasteiger partial charge on any atom is 0.446 e. The quantitative estimate of drug-likeness (QED) is 0.615. The Hall–Kier alpha value is -1.61. The number of alkyl halides is 3. The van der Waals surface area contributed by atoms with Crippen LogP contribution in [-0.2, 0) is 0 Å². The molecule has 1 saturated heterocycles. The van der Waals surface area contributed by atoms with Gasteiger partial charge in [-0.25, -0.2) is 0 Å². The molecule has 6 heteroatoms. The standard InChI is InChI=1S/C13H10F3NOS/c1-2-9-7-17(8-9)12(18)10-4-3-5-11(6-10)19-13(14,15)16/h1,3-6,9H,7-8H2. The number of likely N-dealkylation sites (tertiary alicyclic amines) is 1. The van der Waals surface area contributed by atoms with Crippen molar-refractivity contribution in [1.82, 2.24) is 4.90 Å². The van der Waals surface area contributed by atoms with E-state index in [0.717, 1.165) is 0 Å². The molecule has 1 amide bonds. The van der Waals surface area contributed by atoms with Gasteiger partial charge in [0.2, 0.25) is 0 Å². The van der Waals surface area contributed by atoms with Crippen molar-refractivity contribution in [3.8, 4) is 12.3 Å². The van der Waals surface area contributed by atoms with Crippen LogP contribution in [0.5, 0.6) is 0 Å². The number of thioether (sulfide) groups is 1. The Kier molecular flexibility index (Phi) is 3.76. The van der Waals surface area contributed by atoms with E-state index >= 15 is 0 Å². The summed E-state index contributed by atoms with van der Waals surface area (Å²) in [5.74, 6) is 2.30. The largest absolute Gasteiger partial charge is 0.446 e. The van der Waals surface area contributed by atoms with Crippen LogP contribution >= 0.6 is 11.8 Å². The Bertz CT molecular complexity index is 529. The molecule has 0 saturated carbocycles. The van der Waals surface area contributed by atoms with Crippen molar-refractivity contribution in [2.75, 3.05) is 13.1 Å². The van der Waals surface area contributed by atoms with E-state index in [2.05, 4.69) is 5.92 Å². The third-order valence-electron chi connectivity index (χ3n) is 2.72. The van der Waals surface area contributed by atoms with E-state index in [-0.39, 0.29) is 34.0 Å². The summed E-state index contributed by atoms with van der Waals surface area (Å²) in [7, 11) is 0. The summed E-state index contributed by atoms with van der Waals surface area (Å²) < 4.78 is 36.8. The molecular weight excluding hydrogens is 275 g/mol. The molecule has 0 N–H and O–H groups in total. The first-order valence-corrected chi connectivity index (χ1v) is 6.32. The van der Waals surface area contributed by atoms with Crippen molar-refractivity contribution in [3.05, 3.63) is 29.8 Å². The van der Waals surface area contributed by atoms with Gasteiger partial charge in [0.15, 0.2) is 0 Å². The molecule has 0 bridgehead atoms. The smallest absolute Gasteiger partial charge is 0.336 e. The Morgan fingerprint density at radius 1 is 1.42 bits per heavy atom. The molecule has 1 aliphatic heterocycles. The maximum atomic E-state index is 12.3. The van der Waals surface area contributed by atoms with Crippen LogP contribution < -0.4 is 0 Å². The van der Waals surface area contributed by atoms with E-state index in [1.165, 1.54) is 29.2 Å². The van der Waals surface area contributed by atoms with Crippen LogP contribution in [0.2, 0.25) is 0 Å². The third-order valence-corrected chi connectivity index (χ3v) is 3.44. The average molecular weight is 285 g/mol. The average Bonchev–Trinajstić information content (AvgIpc) is 2.25. The number of hydrogen-bond donors (Lipinski definition) is 0. The van der Waals surface area contributed by atoms with E-state index in [4.69, 9.17) is 6.42 Å². The first kappa shape index (κ1) is 13.8. The van der Waals surface area contributed by atoms with Crippen molar-refractivity contribution < 1.29 is 18.0 Å². The summed E-state index contributed by atoms with van der Waals surface area (Å²) in [6.07, 6.45) is 5.21. The van der Waals surface area contributed by atoms with Crippen LogP contribution in [0.1, 0.15) is 10.4 Å². The zero-order valence-electron chi connectivity index (χ0n) is 9.78. The summed E-state index contributed by atoms with van der Waals surface area (Å²) in [6, 6.07) is 5.53. The van der Waals surface area contributed by atoms with Gasteiger partial charge in [0.25, 0.3) is 5.91 Å². The van der Waals surface area contributed by atoms with Gasteiger partial charge in [-0.3, -0.25) is 4.79 Å². The molecular formula is C13H10F3NOS. The first-order chi connectivity index (χ1) is 8.89. The summed E-state index contributed by atoms with van der Waals surface area (Å²) in [4.78, 5) is 13.5. The monoisotopic (exact) mass is 285 g/mol. The molecule has 0 unspecified atom stereocenters. The van der Waals surface area contributed by atoms with Crippen LogP contribution in [0, 0.1) is 18.3 Å². The van der Waals surface area contributed by atoms with Crippen molar-refractivity contribution in [1.29, 1.82) is 0 Å². The molecule has 0 radical (unpaired) electrons. The minimum absolute atomic E-state index is 0.00683.